The number of carbonyl (C=O) groups excluding carboxylic acids is 3. The normalized spacial score (nSPS) is 15.9. The highest BCUT2D eigenvalue weighted by atomic mass is 16.5. The van der Waals surface area contributed by atoms with Gasteiger partial charge in [0.15, 0.2) is 0 Å². The molecule has 3 rings (SSSR count). The van der Waals surface area contributed by atoms with E-state index in [1.807, 2.05) is 60.7 Å². The molecular weight excluding hydrogens is 404 g/mol. The highest BCUT2D eigenvalue weighted by Crippen LogP contribution is 2.27. The van der Waals surface area contributed by atoms with Crippen LogP contribution in [-0.4, -0.2) is 30.4 Å². The Morgan fingerprint density at radius 3 is 2.16 bits per heavy atom. The predicted octanol–water partition coefficient (Wildman–Crippen LogP) is 4.18. The van der Waals surface area contributed by atoms with Crippen molar-refractivity contribution in [3.8, 4) is 0 Å². The molecule has 6 heteroatoms. The first-order chi connectivity index (χ1) is 15.6. The van der Waals surface area contributed by atoms with Crippen molar-refractivity contribution in [3.05, 3.63) is 71.8 Å². The number of hydrogen-bond donors (Lipinski definition) is 2. The van der Waals surface area contributed by atoms with Gasteiger partial charge in [-0.3, -0.25) is 4.79 Å². The first-order valence-corrected chi connectivity index (χ1v) is 11.4. The second-order valence-electron chi connectivity index (χ2n) is 8.44. The van der Waals surface area contributed by atoms with Gasteiger partial charge in [0.25, 0.3) is 0 Å². The first kappa shape index (κ1) is 23.5. The number of rotatable bonds is 10. The van der Waals surface area contributed by atoms with E-state index >= 15 is 0 Å². The molecule has 2 aromatic rings. The van der Waals surface area contributed by atoms with Crippen molar-refractivity contribution in [2.45, 2.75) is 63.6 Å². The lowest BCUT2D eigenvalue weighted by atomic mass is 9.85. The molecule has 170 valence electrons. The van der Waals surface area contributed by atoms with E-state index < -0.39 is 18.2 Å². The van der Waals surface area contributed by atoms with Crippen LogP contribution in [0.5, 0.6) is 0 Å². The van der Waals surface area contributed by atoms with E-state index in [0.717, 1.165) is 30.3 Å². The number of carbonyl (C=O) groups is 3. The summed E-state index contributed by atoms with van der Waals surface area (Å²) in [5, 5.41) is 5.52. The summed E-state index contributed by atoms with van der Waals surface area (Å²) in [5.74, 6) is 0.0778. The van der Waals surface area contributed by atoms with Gasteiger partial charge in [-0.1, -0.05) is 92.8 Å². The van der Waals surface area contributed by atoms with Crippen molar-refractivity contribution in [3.63, 3.8) is 0 Å². The third kappa shape index (κ3) is 7.84. The van der Waals surface area contributed by atoms with Crippen LogP contribution in [0.4, 0.5) is 4.79 Å². The molecule has 6 nitrogen and oxygen atoms in total. The van der Waals surface area contributed by atoms with Gasteiger partial charge in [-0.2, -0.15) is 0 Å². The van der Waals surface area contributed by atoms with Crippen LogP contribution in [0.15, 0.2) is 60.7 Å². The topological polar surface area (TPSA) is 84.5 Å². The molecule has 0 heterocycles. The van der Waals surface area contributed by atoms with Gasteiger partial charge in [-0.25, -0.2) is 4.79 Å². The molecule has 0 spiro atoms. The van der Waals surface area contributed by atoms with Crippen LogP contribution in [-0.2, 0) is 27.4 Å². The van der Waals surface area contributed by atoms with Gasteiger partial charge in [0.05, 0.1) is 6.04 Å². The van der Waals surface area contributed by atoms with Crippen molar-refractivity contribution in [1.29, 1.82) is 0 Å². The van der Waals surface area contributed by atoms with Crippen LogP contribution in [0.25, 0.3) is 0 Å². The van der Waals surface area contributed by atoms with Crippen LogP contribution >= 0.6 is 0 Å². The third-order valence-electron chi connectivity index (χ3n) is 5.91. The number of nitrogens with one attached hydrogen (secondary N) is 2. The Morgan fingerprint density at radius 1 is 0.906 bits per heavy atom. The van der Waals surface area contributed by atoms with E-state index in [9.17, 15) is 14.4 Å². The maximum atomic E-state index is 13.0. The van der Waals surface area contributed by atoms with Gasteiger partial charge < -0.3 is 20.2 Å². The summed E-state index contributed by atoms with van der Waals surface area (Å²) in [4.78, 5) is 37.1. The summed E-state index contributed by atoms with van der Waals surface area (Å²) < 4.78 is 5.30. The minimum absolute atomic E-state index is 0.116. The average Bonchev–Trinajstić information content (AvgIpc) is 2.84. The second kappa shape index (κ2) is 12.6. The molecule has 1 aliphatic rings. The van der Waals surface area contributed by atoms with Crippen molar-refractivity contribution in [1.82, 2.24) is 10.6 Å². The zero-order valence-corrected chi connectivity index (χ0v) is 18.4. The molecule has 0 unspecified atom stereocenters. The van der Waals surface area contributed by atoms with E-state index in [4.69, 9.17) is 4.74 Å². The SMILES string of the molecule is O=C[C@H](CC1CCCCC1)NC(=O)[C@H](Cc1ccccc1)NC(=O)OCc1ccccc1. The van der Waals surface area contributed by atoms with E-state index in [2.05, 4.69) is 10.6 Å². The van der Waals surface area contributed by atoms with Crippen molar-refractivity contribution in [2.24, 2.45) is 5.92 Å². The Hall–Kier alpha value is -3.15. The predicted molar refractivity (Wildman–Crippen MR) is 123 cm³/mol. The molecule has 2 amide bonds. The zero-order valence-electron chi connectivity index (χ0n) is 18.4. The monoisotopic (exact) mass is 436 g/mol. The molecule has 32 heavy (non-hydrogen) atoms. The summed E-state index contributed by atoms with van der Waals surface area (Å²) in [6.07, 6.45) is 6.87. The molecule has 2 N–H and O–H groups in total. The Bertz CT molecular complexity index is 851. The van der Waals surface area contributed by atoms with Crippen molar-refractivity contribution in [2.75, 3.05) is 0 Å². The van der Waals surface area contributed by atoms with Crippen LogP contribution in [0.3, 0.4) is 0 Å². The summed E-state index contributed by atoms with van der Waals surface area (Å²) in [6.45, 7) is 0.116. The third-order valence-corrected chi connectivity index (χ3v) is 5.91. The van der Waals surface area contributed by atoms with Gasteiger partial charge in [0.1, 0.15) is 18.9 Å². The summed E-state index contributed by atoms with van der Waals surface area (Å²) in [5.41, 5.74) is 1.77. The number of ether oxygens (including phenoxy) is 1. The lowest BCUT2D eigenvalue weighted by molar-refractivity contribution is -0.126. The maximum Gasteiger partial charge on any atom is 0.408 e. The van der Waals surface area contributed by atoms with Crippen LogP contribution in [0.2, 0.25) is 0 Å². The molecule has 0 aromatic heterocycles. The standard InChI is InChI=1S/C26H32N2O4/c29-18-23(16-20-10-4-1-5-11-20)27-25(30)24(17-21-12-6-2-7-13-21)28-26(31)32-19-22-14-8-3-9-15-22/h2-3,6-9,12-15,18,20,23-24H,1,4-5,10-11,16-17,19H2,(H,27,30)(H,28,31)/t23-,24-/m0/s1. The summed E-state index contributed by atoms with van der Waals surface area (Å²) in [6, 6.07) is 17.4. The number of alkyl carbamates (subject to hydrolysis) is 1. The Balaban J connectivity index is 1.60. The Labute approximate surface area is 189 Å². The highest BCUT2D eigenvalue weighted by molar-refractivity contribution is 5.87. The smallest absolute Gasteiger partial charge is 0.408 e. The maximum absolute atomic E-state index is 13.0. The lowest BCUT2D eigenvalue weighted by Crippen LogP contribution is -2.51. The van der Waals surface area contributed by atoms with Gasteiger partial charge in [-0.15, -0.1) is 0 Å². The van der Waals surface area contributed by atoms with Crippen LogP contribution < -0.4 is 10.6 Å². The molecule has 2 aromatic carbocycles. The summed E-state index contributed by atoms with van der Waals surface area (Å²) in [7, 11) is 0. The quantitative estimate of drug-likeness (QED) is 0.547. The molecule has 1 fully saturated rings. The largest absolute Gasteiger partial charge is 0.445 e. The van der Waals surface area contributed by atoms with E-state index in [1.54, 1.807) is 0 Å². The Kier molecular flexibility index (Phi) is 9.29. The second-order valence-corrected chi connectivity index (χ2v) is 8.44. The van der Waals surface area contributed by atoms with E-state index in [-0.39, 0.29) is 12.5 Å². The molecule has 0 aliphatic heterocycles. The highest BCUT2D eigenvalue weighted by Gasteiger charge is 2.26. The Morgan fingerprint density at radius 2 is 1.53 bits per heavy atom. The lowest BCUT2D eigenvalue weighted by Gasteiger charge is -2.26. The fourth-order valence-electron chi connectivity index (χ4n) is 4.18. The molecule has 2 atom stereocenters. The molecular formula is C26H32N2O4. The van der Waals surface area contributed by atoms with Crippen LogP contribution in [0.1, 0.15) is 49.7 Å². The molecule has 0 radical (unpaired) electrons. The van der Waals surface area contributed by atoms with Gasteiger partial charge in [-0.05, 0) is 23.5 Å². The zero-order chi connectivity index (χ0) is 22.6. The minimum Gasteiger partial charge on any atom is -0.445 e. The fourth-order valence-corrected chi connectivity index (χ4v) is 4.18. The molecule has 0 saturated heterocycles. The molecule has 1 aliphatic carbocycles. The van der Waals surface area contributed by atoms with Gasteiger partial charge in [0.2, 0.25) is 5.91 Å². The number of hydrogen-bond acceptors (Lipinski definition) is 4. The number of amides is 2. The first-order valence-electron chi connectivity index (χ1n) is 11.4. The van der Waals surface area contributed by atoms with Gasteiger partial charge >= 0.3 is 6.09 Å². The average molecular weight is 437 g/mol. The summed E-state index contributed by atoms with van der Waals surface area (Å²) >= 11 is 0. The number of aldehydes is 1. The molecule has 1 saturated carbocycles. The minimum atomic E-state index is -0.838. The van der Waals surface area contributed by atoms with Crippen molar-refractivity contribution >= 4 is 18.3 Å². The molecule has 0 bridgehead atoms. The van der Waals surface area contributed by atoms with Gasteiger partial charge in [0, 0.05) is 6.42 Å². The fraction of sp³-hybridized carbons (Fsp3) is 0.423. The number of benzene rings is 2. The van der Waals surface area contributed by atoms with Crippen molar-refractivity contribution < 1.29 is 19.1 Å². The van der Waals surface area contributed by atoms with E-state index in [0.29, 0.717) is 18.8 Å². The van der Waals surface area contributed by atoms with Crippen LogP contribution in [0, 0.1) is 5.92 Å². The van der Waals surface area contributed by atoms with E-state index in [1.165, 1.54) is 19.3 Å².